The Morgan fingerprint density at radius 2 is 2.00 bits per heavy atom. The maximum Gasteiger partial charge on any atom is 0.0464 e. The number of rotatable bonds is 1. The van der Waals surface area contributed by atoms with Crippen molar-refractivity contribution in [3.8, 4) is 0 Å². The quantitative estimate of drug-likeness (QED) is 0.563. The monoisotopic (exact) mass is 162 g/mol. The Morgan fingerprint density at radius 3 is 2.58 bits per heavy atom. The molecule has 1 fully saturated rings. The molecule has 0 aromatic heterocycles. The Kier molecular flexibility index (Phi) is 2.20. The van der Waals surface area contributed by atoms with Crippen molar-refractivity contribution in [1.29, 1.82) is 0 Å². The second kappa shape index (κ2) is 3.34. The maximum absolute atomic E-state index is 4.44. The van der Waals surface area contributed by atoms with Crippen LogP contribution in [-0.2, 0) is 0 Å². The fourth-order valence-corrected chi connectivity index (χ4v) is 2.22. The third-order valence-electron chi connectivity index (χ3n) is 2.93. The SMILES string of the molecule is CC1=C(C2CCCCC2)[N]C=C1. The van der Waals surface area contributed by atoms with Gasteiger partial charge in [0, 0.05) is 17.8 Å². The largest absolute Gasteiger partial charge is 0.261 e. The van der Waals surface area contributed by atoms with Gasteiger partial charge in [0.15, 0.2) is 0 Å². The van der Waals surface area contributed by atoms with Crippen LogP contribution < -0.4 is 5.32 Å². The van der Waals surface area contributed by atoms with E-state index >= 15 is 0 Å². The van der Waals surface area contributed by atoms with Gasteiger partial charge in [0.2, 0.25) is 0 Å². The minimum atomic E-state index is 0.772. The van der Waals surface area contributed by atoms with E-state index in [-0.39, 0.29) is 0 Å². The Hall–Kier alpha value is -0.720. The van der Waals surface area contributed by atoms with E-state index in [4.69, 9.17) is 0 Å². The molecule has 0 bridgehead atoms. The van der Waals surface area contributed by atoms with Gasteiger partial charge in [0.25, 0.3) is 0 Å². The number of hydrogen-bond acceptors (Lipinski definition) is 0. The highest BCUT2D eigenvalue weighted by atomic mass is 14.9. The van der Waals surface area contributed by atoms with Gasteiger partial charge in [-0.3, -0.25) is 5.32 Å². The van der Waals surface area contributed by atoms with Crippen LogP contribution in [-0.4, -0.2) is 0 Å². The second-order valence-electron chi connectivity index (χ2n) is 3.85. The van der Waals surface area contributed by atoms with Crippen molar-refractivity contribution >= 4 is 0 Å². The number of hydrogen-bond donors (Lipinski definition) is 0. The van der Waals surface area contributed by atoms with E-state index in [1.54, 1.807) is 0 Å². The van der Waals surface area contributed by atoms with Gasteiger partial charge in [0.1, 0.15) is 0 Å². The van der Waals surface area contributed by atoms with Gasteiger partial charge >= 0.3 is 0 Å². The van der Waals surface area contributed by atoms with Gasteiger partial charge in [0.05, 0.1) is 0 Å². The molecule has 1 saturated carbocycles. The molecule has 1 radical (unpaired) electrons. The summed E-state index contributed by atoms with van der Waals surface area (Å²) in [5.74, 6) is 0.772. The van der Waals surface area contributed by atoms with E-state index < -0.39 is 0 Å². The molecule has 0 N–H and O–H groups in total. The molecule has 1 heteroatoms. The van der Waals surface area contributed by atoms with E-state index in [9.17, 15) is 0 Å². The van der Waals surface area contributed by atoms with Gasteiger partial charge in [-0.15, -0.1) is 0 Å². The van der Waals surface area contributed by atoms with E-state index in [1.165, 1.54) is 43.4 Å². The molecule has 0 atom stereocenters. The molecular weight excluding hydrogens is 146 g/mol. The van der Waals surface area contributed by atoms with Crippen molar-refractivity contribution in [2.24, 2.45) is 5.92 Å². The average molecular weight is 162 g/mol. The fourth-order valence-electron chi connectivity index (χ4n) is 2.22. The lowest BCUT2D eigenvalue weighted by atomic mass is 9.86. The van der Waals surface area contributed by atoms with Crippen LogP contribution >= 0.6 is 0 Å². The summed E-state index contributed by atoms with van der Waals surface area (Å²) in [7, 11) is 0. The van der Waals surface area contributed by atoms with Gasteiger partial charge < -0.3 is 0 Å². The minimum Gasteiger partial charge on any atom is -0.261 e. The highest BCUT2D eigenvalue weighted by Crippen LogP contribution is 2.32. The van der Waals surface area contributed by atoms with Crippen LogP contribution in [0.25, 0.3) is 0 Å². The Bertz CT molecular complexity index is 219. The predicted octanol–water partition coefficient (Wildman–Crippen LogP) is 2.97. The Balaban J connectivity index is 2.04. The van der Waals surface area contributed by atoms with Gasteiger partial charge in [-0.2, -0.15) is 0 Å². The molecule has 0 aromatic rings. The zero-order valence-electron chi connectivity index (χ0n) is 7.71. The van der Waals surface area contributed by atoms with Gasteiger partial charge in [-0.1, -0.05) is 19.3 Å². The number of nitrogens with zero attached hydrogens (tertiary/aromatic N) is 1. The summed E-state index contributed by atoms with van der Waals surface area (Å²) in [6.07, 6.45) is 11.0. The van der Waals surface area contributed by atoms with E-state index in [0.29, 0.717) is 0 Å². The third kappa shape index (κ3) is 1.40. The van der Waals surface area contributed by atoms with Crippen LogP contribution in [0.4, 0.5) is 0 Å². The lowest BCUT2D eigenvalue weighted by molar-refractivity contribution is 0.391. The normalized spacial score (nSPS) is 24.8. The van der Waals surface area contributed by atoms with Crippen molar-refractivity contribution < 1.29 is 0 Å². The third-order valence-corrected chi connectivity index (χ3v) is 2.93. The summed E-state index contributed by atoms with van der Waals surface area (Å²) >= 11 is 0. The molecule has 12 heavy (non-hydrogen) atoms. The van der Waals surface area contributed by atoms with Crippen LogP contribution in [0.5, 0.6) is 0 Å². The summed E-state index contributed by atoms with van der Waals surface area (Å²) in [6, 6.07) is 0. The lowest BCUT2D eigenvalue weighted by Gasteiger charge is -2.22. The predicted molar refractivity (Wildman–Crippen MR) is 50.5 cm³/mol. The zero-order valence-corrected chi connectivity index (χ0v) is 7.71. The minimum absolute atomic E-state index is 0.772. The topological polar surface area (TPSA) is 14.1 Å². The van der Waals surface area contributed by atoms with E-state index in [2.05, 4.69) is 18.3 Å². The molecule has 2 aliphatic rings. The van der Waals surface area contributed by atoms with Gasteiger partial charge in [-0.25, -0.2) is 0 Å². The van der Waals surface area contributed by atoms with Crippen LogP contribution in [0, 0.1) is 5.92 Å². The Labute approximate surface area is 74.5 Å². The zero-order chi connectivity index (χ0) is 8.39. The van der Waals surface area contributed by atoms with Crippen molar-refractivity contribution in [3.63, 3.8) is 0 Å². The lowest BCUT2D eigenvalue weighted by Crippen LogP contribution is -2.13. The van der Waals surface area contributed by atoms with Crippen molar-refractivity contribution in [3.05, 3.63) is 23.5 Å². The van der Waals surface area contributed by atoms with Crippen LogP contribution in [0.2, 0.25) is 0 Å². The van der Waals surface area contributed by atoms with Crippen LogP contribution in [0.15, 0.2) is 23.5 Å². The van der Waals surface area contributed by atoms with Crippen LogP contribution in [0.1, 0.15) is 39.0 Å². The highest BCUT2D eigenvalue weighted by molar-refractivity contribution is 5.31. The van der Waals surface area contributed by atoms with Crippen molar-refractivity contribution in [2.75, 3.05) is 0 Å². The first-order chi connectivity index (χ1) is 5.88. The number of allylic oxidation sites excluding steroid dienone is 3. The molecule has 1 aliphatic carbocycles. The molecule has 0 saturated heterocycles. The summed E-state index contributed by atoms with van der Waals surface area (Å²) in [4.78, 5) is 0. The standard InChI is InChI=1S/C11H16N/c1-9-7-8-12-11(9)10-5-3-2-4-6-10/h7-8,10H,2-6H2,1H3. The van der Waals surface area contributed by atoms with Crippen LogP contribution in [0.3, 0.4) is 0 Å². The molecular formula is C11H16N. The first-order valence-corrected chi connectivity index (χ1v) is 4.96. The van der Waals surface area contributed by atoms with E-state index in [0.717, 1.165) is 5.92 Å². The second-order valence-corrected chi connectivity index (χ2v) is 3.85. The first-order valence-electron chi connectivity index (χ1n) is 4.96. The summed E-state index contributed by atoms with van der Waals surface area (Å²) in [5.41, 5.74) is 2.76. The summed E-state index contributed by atoms with van der Waals surface area (Å²) < 4.78 is 0. The maximum atomic E-state index is 4.44. The molecule has 1 aliphatic heterocycles. The smallest absolute Gasteiger partial charge is 0.0464 e. The van der Waals surface area contributed by atoms with Crippen molar-refractivity contribution in [2.45, 2.75) is 39.0 Å². The molecule has 0 unspecified atom stereocenters. The molecule has 65 valence electrons. The average Bonchev–Trinajstić information content (AvgIpc) is 2.53. The molecule has 1 heterocycles. The van der Waals surface area contributed by atoms with Gasteiger partial charge in [-0.05, 0) is 31.4 Å². The first kappa shape index (κ1) is 7.90. The van der Waals surface area contributed by atoms with E-state index in [1.807, 2.05) is 6.20 Å². The molecule has 0 amide bonds. The van der Waals surface area contributed by atoms with Crippen molar-refractivity contribution in [1.82, 2.24) is 5.32 Å². The molecule has 0 spiro atoms. The fraction of sp³-hybridized carbons (Fsp3) is 0.636. The Morgan fingerprint density at radius 1 is 1.25 bits per heavy atom. The summed E-state index contributed by atoms with van der Waals surface area (Å²) in [6.45, 7) is 2.18. The molecule has 2 rings (SSSR count). The summed E-state index contributed by atoms with van der Waals surface area (Å²) in [5, 5.41) is 4.44. The molecule has 1 nitrogen and oxygen atoms in total. The highest BCUT2D eigenvalue weighted by Gasteiger charge is 2.21. The molecule has 0 aromatic carbocycles.